The molecule has 98 valence electrons. The average molecular weight is 257 g/mol. The first-order valence-electron chi connectivity index (χ1n) is 5.88. The Kier molecular flexibility index (Phi) is 4.15. The molecule has 2 N–H and O–H groups in total. The lowest BCUT2D eigenvalue weighted by molar-refractivity contribution is -0.119. The van der Waals surface area contributed by atoms with E-state index >= 15 is 0 Å². The molecule has 4 nitrogen and oxygen atoms in total. The second-order valence-corrected chi connectivity index (χ2v) is 4.08. The molecule has 0 unspecified atom stereocenters. The molecule has 2 aromatic carbocycles. The van der Waals surface area contributed by atoms with Crippen molar-refractivity contribution in [1.82, 2.24) is 0 Å². The van der Waals surface area contributed by atoms with Crippen molar-refractivity contribution in [2.45, 2.75) is 0 Å². The Morgan fingerprint density at radius 3 is 2.47 bits per heavy atom. The summed E-state index contributed by atoms with van der Waals surface area (Å²) in [6.45, 7) is 0.0290. The van der Waals surface area contributed by atoms with Crippen LogP contribution in [0.2, 0.25) is 0 Å². The Balaban J connectivity index is 2.15. The molecule has 19 heavy (non-hydrogen) atoms. The molecule has 0 saturated heterocycles. The van der Waals surface area contributed by atoms with Gasteiger partial charge in [-0.15, -0.1) is 0 Å². The minimum Gasteiger partial charge on any atom is -0.507 e. The van der Waals surface area contributed by atoms with Crippen LogP contribution in [0.4, 0.5) is 5.69 Å². The van der Waals surface area contributed by atoms with Gasteiger partial charge in [-0.3, -0.25) is 4.79 Å². The lowest BCUT2D eigenvalue weighted by atomic mass is 10.0. The number of hydrogen-bond acceptors (Lipinski definition) is 3. The average Bonchev–Trinajstić information content (AvgIpc) is 2.41. The highest BCUT2D eigenvalue weighted by atomic mass is 16.5. The van der Waals surface area contributed by atoms with Gasteiger partial charge in [0.2, 0.25) is 5.91 Å². The Bertz CT molecular complexity index is 564. The van der Waals surface area contributed by atoms with Gasteiger partial charge < -0.3 is 15.2 Å². The molecule has 2 rings (SSSR count). The number of para-hydroxylation sites is 1. The number of amides is 1. The lowest BCUT2D eigenvalue weighted by Crippen LogP contribution is -2.16. The third-order valence-corrected chi connectivity index (χ3v) is 2.66. The Labute approximate surface area is 111 Å². The summed E-state index contributed by atoms with van der Waals surface area (Å²) in [7, 11) is 1.47. The standard InChI is InChI=1S/C15H15NO3/c1-19-10-15(18)16-12-8-6-11(7-9-12)13-4-2-3-5-14(13)17/h2-9,17H,10H2,1H3,(H,16,18). The van der Waals surface area contributed by atoms with Crippen molar-refractivity contribution in [2.75, 3.05) is 19.0 Å². The Hall–Kier alpha value is -2.33. The van der Waals surface area contributed by atoms with Gasteiger partial charge in [0.05, 0.1) is 0 Å². The smallest absolute Gasteiger partial charge is 0.250 e. The molecule has 0 aliphatic heterocycles. The van der Waals surface area contributed by atoms with Crippen LogP contribution in [0.25, 0.3) is 11.1 Å². The van der Waals surface area contributed by atoms with E-state index in [1.807, 2.05) is 24.3 Å². The first kappa shape index (κ1) is 13.1. The topological polar surface area (TPSA) is 58.6 Å². The molecular formula is C15H15NO3. The fourth-order valence-electron chi connectivity index (χ4n) is 1.78. The summed E-state index contributed by atoms with van der Waals surface area (Å²) in [5.41, 5.74) is 2.35. The number of carbonyl (C=O) groups is 1. The van der Waals surface area contributed by atoms with E-state index in [1.54, 1.807) is 24.3 Å². The predicted octanol–water partition coefficient (Wildman–Crippen LogP) is 2.64. The van der Waals surface area contributed by atoms with Crippen molar-refractivity contribution >= 4 is 11.6 Å². The monoisotopic (exact) mass is 257 g/mol. The molecule has 0 aliphatic rings. The summed E-state index contributed by atoms with van der Waals surface area (Å²) >= 11 is 0. The molecule has 0 aliphatic carbocycles. The number of phenolic OH excluding ortho intramolecular Hbond substituents is 1. The van der Waals surface area contributed by atoms with Gasteiger partial charge in [-0.1, -0.05) is 30.3 Å². The van der Waals surface area contributed by atoms with Gasteiger partial charge in [0, 0.05) is 18.4 Å². The zero-order chi connectivity index (χ0) is 13.7. The number of carbonyl (C=O) groups excluding carboxylic acids is 1. The summed E-state index contributed by atoms with van der Waals surface area (Å²) in [5.74, 6) is 0.0384. The van der Waals surface area contributed by atoms with Gasteiger partial charge in [0.1, 0.15) is 12.4 Å². The number of anilines is 1. The van der Waals surface area contributed by atoms with Crippen LogP contribution in [-0.2, 0) is 9.53 Å². The van der Waals surface area contributed by atoms with Crippen molar-refractivity contribution in [2.24, 2.45) is 0 Å². The van der Waals surface area contributed by atoms with Crippen molar-refractivity contribution in [1.29, 1.82) is 0 Å². The quantitative estimate of drug-likeness (QED) is 0.885. The Morgan fingerprint density at radius 1 is 1.16 bits per heavy atom. The molecule has 0 radical (unpaired) electrons. The molecular weight excluding hydrogens is 242 g/mol. The summed E-state index contributed by atoms with van der Waals surface area (Å²) in [6.07, 6.45) is 0. The van der Waals surface area contributed by atoms with E-state index < -0.39 is 0 Å². The molecule has 0 bridgehead atoms. The first-order valence-corrected chi connectivity index (χ1v) is 5.88. The SMILES string of the molecule is COCC(=O)Nc1ccc(-c2ccccc2O)cc1. The summed E-state index contributed by atoms with van der Waals surface area (Å²) < 4.78 is 4.74. The molecule has 0 atom stereocenters. The van der Waals surface area contributed by atoms with Crippen LogP contribution in [-0.4, -0.2) is 24.7 Å². The van der Waals surface area contributed by atoms with Gasteiger partial charge in [0.25, 0.3) is 0 Å². The molecule has 1 amide bonds. The summed E-state index contributed by atoms with van der Waals surface area (Å²) in [6, 6.07) is 14.4. The van der Waals surface area contributed by atoms with Gasteiger partial charge in [-0.2, -0.15) is 0 Å². The first-order chi connectivity index (χ1) is 9.20. The molecule has 0 saturated carbocycles. The molecule has 0 fully saturated rings. The van der Waals surface area contributed by atoms with Crippen molar-refractivity contribution in [3.05, 3.63) is 48.5 Å². The maximum absolute atomic E-state index is 11.3. The number of rotatable bonds is 4. The normalized spacial score (nSPS) is 10.2. The van der Waals surface area contributed by atoms with E-state index in [0.717, 1.165) is 11.1 Å². The lowest BCUT2D eigenvalue weighted by Gasteiger charge is -2.07. The maximum Gasteiger partial charge on any atom is 0.250 e. The predicted molar refractivity (Wildman–Crippen MR) is 74.0 cm³/mol. The van der Waals surface area contributed by atoms with E-state index in [4.69, 9.17) is 4.74 Å². The minimum atomic E-state index is -0.196. The molecule has 2 aromatic rings. The highest BCUT2D eigenvalue weighted by molar-refractivity contribution is 5.92. The fraction of sp³-hybridized carbons (Fsp3) is 0.133. The van der Waals surface area contributed by atoms with Crippen LogP contribution in [0.1, 0.15) is 0 Å². The number of hydrogen-bond donors (Lipinski definition) is 2. The van der Waals surface area contributed by atoms with Gasteiger partial charge in [-0.05, 0) is 23.8 Å². The number of benzene rings is 2. The van der Waals surface area contributed by atoms with Gasteiger partial charge in [0.15, 0.2) is 0 Å². The van der Waals surface area contributed by atoms with Gasteiger partial charge in [-0.25, -0.2) is 0 Å². The fourth-order valence-corrected chi connectivity index (χ4v) is 1.78. The number of aromatic hydroxyl groups is 1. The second kappa shape index (κ2) is 6.02. The van der Waals surface area contributed by atoms with Crippen LogP contribution < -0.4 is 5.32 Å². The zero-order valence-electron chi connectivity index (χ0n) is 10.6. The summed E-state index contributed by atoms with van der Waals surface area (Å²) in [4.78, 5) is 11.3. The zero-order valence-corrected chi connectivity index (χ0v) is 10.6. The molecule has 0 heterocycles. The third kappa shape index (κ3) is 3.33. The van der Waals surface area contributed by atoms with E-state index in [1.165, 1.54) is 7.11 Å². The number of ether oxygens (including phenoxy) is 1. The second-order valence-electron chi connectivity index (χ2n) is 4.08. The van der Waals surface area contributed by atoms with E-state index in [0.29, 0.717) is 5.69 Å². The van der Waals surface area contributed by atoms with Crippen LogP contribution >= 0.6 is 0 Å². The maximum atomic E-state index is 11.3. The third-order valence-electron chi connectivity index (χ3n) is 2.66. The van der Waals surface area contributed by atoms with E-state index in [2.05, 4.69) is 5.32 Å². The van der Waals surface area contributed by atoms with E-state index in [-0.39, 0.29) is 18.3 Å². The van der Waals surface area contributed by atoms with E-state index in [9.17, 15) is 9.90 Å². The largest absolute Gasteiger partial charge is 0.507 e. The number of methoxy groups -OCH3 is 1. The van der Waals surface area contributed by atoms with Crippen LogP contribution in [0.5, 0.6) is 5.75 Å². The van der Waals surface area contributed by atoms with Gasteiger partial charge >= 0.3 is 0 Å². The highest BCUT2D eigenvalue weighted by Gasteiger charge is 2.04. The van der Waals surface area contributed by atoms with Crippen molar-refractivity contribution in [3.8, 4) is 16.9 Å². The van der Waals surface area contributed by atoms with Crippen LogP contribution in [0, 0.1) is 0 Å². The minimum absolute atomic E-state index is 0.0290. The number of phenols is 1. The molecule has 0 spiro atoms. The van der Waals surface area contributed by atoms with Crippen molar-refractivity contribution in [3.63, 3.8) is 0 Å². The van der Waals surface area contributed by atoms with Crippen LogP contribution in [0.3, 0.4) is 0 Å². The molecule has 0 aromatic heterocycles. The Morgan fingerprint density at radius 2 is 1.84 bits per heavy atom. The highest BCUT2D eigenvalue weighted by Crippen LogP contribution is 2.29. The summed E-state index contributed by atoms with van der Waals surface area (Å²) in [5, 5.41) is 12.5. The molecule has 4 heteroatoms. The number of nitrogens with one attached hydrogen (secondary N) is 1. The van der Waals surface area contributed by atoms with Crippen LogP contribution in [0.15, 0.2) is 48.5 Å². The van der Waals surface area contributed by atoms with Crippen molar-refractivity contribution < 1.29 is 14.6 Å².